The zero-order chi connectivity index (χ0) is 18.5. The van der Waals surface area contributed by atoms with Crippen LogP contribution in [-0.4, -0.2) is 41.8 Å². The molecule has 5 heteroatoms. The third-order valence-corrected chi connectivity index (χ3v) is 4.79. The molecular formula is C21H23FN2O2. The average molecular weight is 354 g/mol. The maximum Gasteiger partial charge on any atom is 0.228 e. The fraction of sp³-hybridized carbons (Fsp3) is 0.333. The fourth-order valence-electron chi connectivity index (χ4n) is 3.32. The van der Waals surface area contributed by atoms with E-state index in [9.17, 15) is 14.0 Å². The maximum absolute atomic E-state index is 13.0. The van der Waals surface area contributed by atoms with Crippen LogP contribution in [0.15, 0.2) is 54.6 Å². The summed E-state index contributed by atoms with van der Waals surface area (Å²) in [6.07, 6.45) is 1.06. The van der Waals surface area contributed by atoms with E-state index in [1.54, 1.807) is 29.0 Å². The van der Waals surface area contributed by atoms with E-state index in [-0.39, 0.29) is 30.0 Å². The third-order valence-electron chi connectivity index (χ3n) is 4.79. The first kappa shape index (κ1) is 18.1. The molecule has 1 saturated heterocycles. The quantitative estimate of drug-likeness (QED) is 0.800. The summed E-state index contributed by atoms with van der Waals surface area (Å²) in [6.45, 7) is 1.51. The second kappa shape index (κ2) is 8.13. The molecule has 0 bridgehead atoms. The van der Waals surface area contributed by atoms with Crippen LogP contribution in [0.5, 0.6) is 0 Å². The Morgan fingerprint density at radius 3 is 2.50 bits per heavy atom. The molecule has 1 atom stereocenters. The van der Waals surface area contributed by atoms with E-state index < -0.39 is 0 Å². The normalized spacial score (nSPS) is 16.8. The topological polar surface area (TPSA) is 40.6 Å². The van der Waals surface area contributed by atoms with Crippen molar-refractivity contribution in [1.29, 1.82) is 0 Å². The third kappa shape index (κ3) is 4.48. The molecule has 0 aliphatic carbocycles. The van der Waals surface area contributed by atoms with Crippen LogP contribution in [0.25, 0.3) is 0 Å². The number of nitrogens with zero attached hydrogens (tertiary/aromatic N) is 2. The number of rotatable bonds is 6. The van der Waals surface area contributed by atoms with Crippen molar-refractivity contribution in [2.75, 3.05) is 20.1 Å². The van der Waals surface area contributed by atoms with Crippen LogP contribution in [0.1, 0.15) is 17.5 Å². The van der Waals surface area contributed by atoms with Crippen molar-refractivity contribution in [2.24, 2.45) is 5.92 Å². The highest BCUT2D eigenvalue weighted by atomic mass is 19.1. The summed E-state index contributed by atoms with van der Waals surface area (Å²) in [5, 5.41) is 0. The van der Waals surface area contributed by atoms with E-state index in [2.05, 4.69) is 0 Å². The second-order valence-electron chi connectivity index (χ2n) is 6.80. The van der Waals surface area contributed by atoms with Gasteiger partial charge in [-0.2, -0.15) is 0 Å². The zero-order valence-corrected chi connectivity index (χ0v) is 14.9. The number of hydrogen-bond donors (Lipinski definition) is 0. The average Bonchev–Trinajstić information content (AvgIpc) is 3.03. The summed E-state index contributed by atoms with van der Waals surface area (Å²) < 4.78 is 13.0. The van der Waals surface area contributed by atoms with Gasteiger partial charge in [-0.25, -0.2) is 4.39 Å². The Morgan fingerprint density at radius 2 is 1.81 bits per heavy atom. The Kier molecular flexibility index (Phi) is 5.66. The molecule has 1 heterocycles. The van der Waals surface area contributed by atoms with Gasteiger partial charge in [-0.05, 0) is 29.7 Å². The predicted octanol–water partition coefficient (Wildman–Crippen LogP) is 2.88. The lowest BCUT2D eigenvalue weighted by Gasteiger charge is -2.21. The van der Waals surface area contributed by atoms with Crippen LogP contribution in [0, 0.1) is 11.7 Å². The highest BCUT2D eigenvalue weighted by molar-refractivity contribution is 5.89. The first-order chi connectivity index (χ1) is 12.5. The van der Waals surface area contributed by atoms with Crippen LogP contribution in [0.3, 0.4) is 0 Å². The highest BCUT2D eigenvalue weighted by Crippen LogP contribution is 2.21. The number of benzene rings is 2. The molecule has 0 spiro atoms. The number of likely N-dealkylation sites (tertiary alicyclic amines) is 1. The molecule has 2 aromatic rings. The van der Waals surface area contributed by atoms with Crippen LogP contribution in [-0.2, 0) is 22.6 Å². The molecule has 1 unspecified atom stereocenters. The van der Waals surface area contributed by atoms with Gasteiger partial charge in [-0.1, -0.05) is 42.5 Å². The molecule has 1 fully saturated rings. The molecule has 0 N–H and O–H groups in total. The molecule has 26 heavy (non-hydrogen) atoms. The Morgan fingerprint density at radius 1 is 1.12 bits per heavy atom. The standard InChI is InChI=1S/C21H23FN2O2/c1-23(14-17-7-9-19(22)10-8-17)21(26)18-13-20(25)24(15-18)12-11-16-5-3-2-4-6-16/h2-10,18H,11-15H2,1H3. The summed E-state index contributed by atoms with van der Waals surface area (Å²) in [5.41, 5.74) is 2.05. The maximum atomic E-state index is 13.0. The Labute approximate surface area is 153 Å². The lowest BCUT2D eigenvalue weighted by molar-refractivity contribution is -0.135. The molecular weight excluding hydrogens is 331 g/mol. The summed E-state index contributed by atoms with van der Waals surface area (Å²) in [6, 6.07) is 16.1. The second-order valence-corrected chi connectivity index (χ2v) is 6.80. The van der Waals surface area contributed by atoms with Gasteiger partial charge in [-0.15, -0.1) is 0 Å². The van der Waals surface area contributed by atoms with Gasteiger partial charge in [0.15, 0.2) is 0 Å². The van der Waals surface area contributed by atoms with Crippen molar-refractivity contribution in [3.63, 3.8) is 0 Å². The first-order valence-corrected chi connectivity index (χ1v) is 8.84. The molecule has 1 aliphatic rings. The van der Waals surface area contributed by atoms with Gasteiger partial charge in [0.25, 0.3) is 0 Å². The highest BCUT2D eigenvalue weighted by Gasteiger charge is 2.35. The van der Waals surface area contributed by atoms with Crippen LogP contribution in [0.4, 0.5) is 4.39 Å². The van der Waals surface area contributed by atoms with Crippen molar-refractivity contribution in [3.8, 4) is 0 Å². The van der Waals surface area contributed by atoms with E-state index in [0.717, 1.165) is 12.0 Å². The summed E-state index contributed by atoms with van der Waals surface area (Å²) in [7, 11) is 1.72. The number of carbonyl (C=O) groups is 2. The molecule has 136 valence electrons. The van der Waals surface area contributed by atoms with Gasteiger partial charge in [-0.3, -0.25) is 9.59 Å². The van der Waals surface area contributed by atoms with Crippen molar-refractivity contribution < 1.29 is 14.0 Å². The number of amides is 2. The van der Waals surface area contributed by atoms with E-state index in [0.29, 0.717) is 19.6 Å². The number of carbonyl (C=O) groups excluding carboxylic acids is 2. The minimum absolute atomic E-state index is 0.0365. The van der Waals surface area contributed by atoms with Crippen LogP contribution in [0.2, 0.25) is 0 Å². The Balaban J connectivity index is 1.53. The van der Waals surface area contributed by atoms with Crippen molar-refractivity contribution in [1.82, 2.24) is 9.80 Å². The predicted molar refractivity (Wildman–Crippen MR) is 97.7 cm³/mol. The first-order valence-electron chi connectivity index (χ1n) is 8.84. The van der Waals surface area contributed by atoms with E-state index in [1.165, 1.54) is 17.7 Å². The SMILES string of the molecule is CN(Cc1ccc(F)cc1)C(=O)C1CC(=O)N(CCc2ccccc2)C1. The van der Waals surface area contributed by atoms with E-state index in [4.69, 9.17) is 0 Å². The molecule has 0 aromatic heterocycles. The van der Waals surface area contributed by atoms with Gasteiger partial charge in [0, 0.05) is 33.1 Å². The van der Waals surface area contributed by atoms with Crippen LogP contribution >= 0.6 is 0 Å². The Hall–Kier alpha value is -2.69. The molecule has 3 rings (SSSR count). The van der Waals surface area contributed by atoms with Gasteiger partial charge >= 0.3 is 0 Å². The fourth-order valence-corrected chi connectivity index (χ4v) is 3.32. The van der Waals surface area contributed by atoms with Gasteiger partial charge in [0.1, 0.15) is 5.82 Å². The minimum atomic E-state index is -0.302. The monoisotopic (exact) mass is 354 g/mol. The molecule has 4 nitrogen and oxygen atoms in total. The van der Waals surface area contributed by atoms with Crippen LogP contribution < -0.4 is 0 Å². The number of hydrogen-bond acceptors (Lipinski definition) is 2. The Bertz CT molecular complexity index is 761. The lowest BCUT2D eigenvalue weighted by Crippen LogP contribution is -2.34. The van der Waals surface area contributed by atoms with Gasteiger partial charge in [0.05, 0.1) is 5.92 Å². The zero-order valence-electron chi connectivity index (χ0n) is 14.9. The van der Waals surface area contributed by atoms with E-state index >= 15 is 0 Å². The molecule has 0 radical (unpaired) electrons. The van der Waals surface area contributed by atoms with E-state index in [1.807, 2.05) is 30.3 Å². The smallest absolute Gasteiger partial charge is 0.228 e. The van der Waals surface area contributed by atoms with Crippen molar-refractivity contribution in [3.05, 3.63) is 71.5 Å². The molecule has 0 saturated carbocycles. The lowest BCUT2D eigenvalue weighted by atomic mass is 10.1. The van der Waals surface area contributed by atoms with Gasteiger partial charge < -0.3 is 9.80 Å². The minimum Gasteiger partial charge on any atom is -0.342 e. The summed E-state index contributed by atoms with van der Waals surface area (Å²) in [5.74, 6) is -0.596. The summed E-state index contributed by atoms with van der Waals surface area (Å²) >= 11 is 0. The molecule has 2 aromatic carbocycles. The molecule has 1 aliphatic heterocycles. The summed E-state index contributed by atoms with van der Waals surface area (Å²) in [4.78, 5) is 28.3. The van der Waals surface area contributed by atoms with Crippen molar-refractivity contribution >= 4 is 11.8 Å². The van der Waals surface area contributed by atoms with Crippen molar-refractivity contribution in [2.45, 2.75) is 19.4 Å². The van der Waals surface area contributed by atoms with Gasteiger partial charge in [0.2, 0.25) is 11.8 Å². The number of halogens is 1. The molecule has 2 amide bonds. The largest absolute Gasteiger partial charge is 0.342 e.